The molecule has 0 saturated heterocycles. The van der Waals surface area contributed by atoms with Crippen molar-refractivity contribution in [2.24, 2.45) is 0 Å². The number of amides is 3. The monoisotopic (exact) mass is 280 g/mol. The summed E-state index contributed by atoms with van der Waals surface area (Å²) in [4.78, 5) is 22.1. The third-order valence-corrected chi connectivity index (χ3v) is 2.05. The fourth-order valence-corrected chi connectivity index (χ4v) is 1.22. The van der Waals surface area contributed by atoms with Crippen LogP contribution in [0.25, 0.3) is 0 Å². The Labute approximate surface area is 105 Å². The van der Waals surface area contributed by atoms with Gasteiger partial charge in [0.15, 0.2) is 17.5 Å². The van der Waals surface area contributed by atoms with Crippen molar-refractivity contribution in [3.63, 3.8) is 0 Å². The Bertz CT molecular complexity index is 482. The third-order valence-electron chi connectivity index (χ3n) is 1.86. The maximum absolute atomic E-state index is 13.1. The van der Waals surface area contributed by atoms with Crippen LogP contribution in [0.3, 0.4) is 0 Å². The number of benzene rings is 1. The Balaban J connectivity index is 2.71. The van der Waals surface area contributed by atoms with Crippen LogP contribution in [-0.4, -0.2) is 17.8 Å². The molecule has 0 aliphatic heterocycles. The first-order chi connectivity index (χ1) is 8.45. The second kappa shape index (κ2) is 6.25. The number of carbonyl (C=O) groups excluding carboxylic acids is 2. The van der Waals surface area contributed by atoms with Crippen molar-refractivity contribution < 1.29 is 22.8 Å². The van der Waals surface area contributed by atoms with Gasteiger partial charge < -0.3 is 5.32 Å². The lowest BCUT2D eigenvalue weighted by molar-refractivity contribution is -0.119. The van der Waals surface area contributed by atoms with E-state index in [-0.39, 0.29) is 12.3 Å². The number of urea groups is 1. The Morgan fingerprint density at radius 3 is 2.44 bits per heavy atom. The topological polar surface area (TPSA) is 58.2 Å². The van der Waals surface area contributed by atoms with Crippen molar-refractivity contribution >= 4 is 29.2 Å². The molecule has 0 heterocycles. The fraction of sp³-hybridized carbons (Fsp3) is 0.200. The van der Waals surface area contributed by atoms with Crippen molar-refractivity contribution in [2.45, 2.75) is 6.42 Å². The molecule has 4 nitrogen and oxygen atoms in total. The molecule has 1 rings (SSSR count). The van der Waals surface area contributed by atoms with Gasteiger partial charge in [-0.1, -0.05) is 0 Å². The second-order valence-electron chi connectivity index (χ2n) is 3.16. The maximum Gasteiger partial charge on any atom is 0.325 e. The van der Waals surface area contributed by atoms with Gasteiger partial charge in [-0.05, 0) is 12.1 Å². The molecule has 1 aromatic carbocycles. The summed E-state index contributed by atoms with van der Waals surface area (Å²) in [5.41, 5.74) is -0.579. The summed E-state index contributed by atoms with van der Waals surface area (Å²) in [5, 5.41) is 3.71. The summed E-state index contributed by atoms with van der Waals surface area (Å²) in [6.07, 6.45) is -0.102. The molecule has 0 aromatic heterocycles. The van der Waals surface area contributed by atoms with Crippen LogP contribution in [0.2, 0.25) is 0 Å². The van der Waals surface area contributed by atoms with E-state index in [1.807, 2.05) is 10.6 Å². The number of alkyl halides is 1. The summed E-state index contributed by atoms with van der Waals surface area (Å²) in [6, 6.07) is 0.420. The largest absolute Gasteiger partial charge is 0.325 e. The molecule has 0 saturated carbocycles. The number of hydrogen-bond donors (Lipinski definition) is 2. The summed E-state index contributed by atoms with van der Waals surface area (Å²) in [5.74, 6) is -5.30. The van der Waals surface area contributed by atoms with Gasteiger partial charge in [0.1, 0.15) is 0 Å². The van der Waals surface area contributed by atoms with Gasteiger partial charge >= 0.3 is 6.03 Å². The predicted molar refractivity (Wildman–Crippen MR) is 58.8 cm³/mol. The van der Waals surface area contributed by atoms with Crippen LogP contribution in [-0.2, 0) is 4.79 Å². The Morgan fingerprint density at radius 2 is 1.83 bits per heavy atom. The highest BCUT2D eigenvalue weighted by molar-refractivity contribution is 6.19. The first-order valence-corrected chi connectivity index (χ1v) is 5.29. The molecule has 2 N–H and O–H groups in total. The molecular weight excluding hydrogens is 273 g/mol. The van der Waals surface area contributed by atoms with Gasteiger partial charge in [0.05, 0.1) is 5.69 Å². The SMILES string of the molecule is O=C(CCCl)NC(=O)Nc1ccc(F)c(F)c1F. The van der Waals surface area contributed by atoms with Crippen molar-refractivity contribution in [3.8, 4) is 0 Å². The molecule has 98 valence electrons. The standard InChI is InChI=1S/C10H8ClF3N2O2/c11-4-3-7(17)16-10(18)15-6-2-1-5(12)8(13)9(6)14/h1-2H,3-4H2,(H2,15,16,17,18). The van der Waals surface area contributed by atoms with Crippen molar-refractivity contribution in [1.82, 2.24) is 5.32 Å². The smallest absolute Gasteiger partial charge is 0.305 e. The van der Waals surface area contributed by atoms with Gasteiger partial charge in [0.2, 0.25) is 5.91 Å². The molecule has 3 amide bonds. The molecule has 0 bridgehead atoms. The van der Waals surface area contributed by atoms with Crippen LogP contribution >= 0.6 is 11.6 Å². The third kappa shape index (κ3) is 3.63. The molecule has 8 heteroatoms. The zero-order valence-corrected chi connectivity index (χ0v) is 9.65. The number of halogens is 4. The van der Waals surface area contributed by atoms with Crippen LogP contribution in [0.15, 0.2) is 12.1 Å². The fourth-order valence-electron chi connectivity index (χ4n) is 1.05. The quantitative estimate of drug-likeness (QED) is 0.660. The highest BCUT2D eigenvalue weighted by atomic mass is 35.5. The molecule has 0 atom stereocenters. The highest BCUT2D eigenvalue weighted by Crippen LogP contribution is 2.19. The molecule has 18 heavy (non-hydrogen) atoms. The van der Waals surface area contributed by atoms with Gasteiger partial charge in [-0.15, -0.1) is 11.6 Å². The minimum atomic E-state index is -1.71. The van der Waals surface area contributed by atoms with E-state index in [0.29, 0.717) is 6.07 Å². The van der Waals surface area contributed by atoms with Crippen LogP contribution in [0, 0.1) is 17.5 Å². The molecule has 0 unspecified atom stereocenters. The summed E-state index contributed by atoms with van der Waals surface area (Å²) in [6.45, 7) is 0. The van der Waals surface area contributed by atoms with Crippen LogP contribution in [0.4, 0.5) is 23.7 Å². The van der Waals surface area contributed by atoms with Crippen LogP contribution in [0.1, 0.15) is 6.42 Å². The molecule has 1 aromatic rings. The lowest BCUT2D eigenvalue weighted by Crippen LogP contribution is -2.34. The van der Waals surface area contributed by atoms with Crippen molar-refractivity contribution in [3.05, 3.63) is 29.6 Å². The number of rotatable bonds is 3. The lowest BCUT2D eigenvalue weighted by Gasteiger charge is -2.07. The summed E-state index contributed by atoms with van der Waals surface area (Å²) < 4.78 is 38.6. The van der Waals surface area contributed by atoms with E-state index in [0.717, 1.165) is 6.07 Å². The van der Waals surface area contributed by atoms with Gasteiger partial charge in [0.25, 0.3) is 0 Å². The minimum Gasteiger partial charge on any atom is -0.305 e. The molecule has 0 spiro atoms. The zero-order valence-electron chi connectivity index (χ0n) is 8.90. The molecule has 0 fully saturated rings. The van der Waals surface area contributed by atoms with E-state index in [1.165, 1.54) is 0 Å². The van der Waals surface area contributed by atoms with Gasteiger partial charge in [-0.3, -0.25) is 10.1 Å². The number of imide groups is 1. The average Bonchev–Trinajstić information content (AvgIpc) is 2.30. The van der Waals surface area contributed by atoms with Crippen LogP contribution < -0.4 is 10.6 Å². The second-order valence-corrected chi connectivity index (χ2v) is 3.54. The van der Waals surface area contributed by atoms with Crippen molar-refractivity contribution in [1.29, 1.82) is 0 Å². The van der Waals surface area contributed by atoms with Gasteiger partial charge in [-0.2, -0.15) is 0 Å². The van der Waals surface area contributed by atoms with Crippen molar-refractivity contribution in [2.75, 3.05) is 11.2 Å². The molecule has 0 radical (unpaired) electrons. The molecule has 0 aliphatic rings. The van der Waals surface area contributed by atoms with Crippen LogP contribution in [0.5, 0.6) is 0 Å². The molecule has 0 aliphatic carbocycles. The Hall–Kier alpha value is -1.76. The summed E-state index contributed by atoms with van der Waals surface area (Å²) in [7, 11) is 0. The zero-order chi connectivity index (χ0) is 13.7. The van der Waals surface area contributed by atoms with E-state index in [9.17, 15) is 22.8 Å². The van der Waals surface area contributed by atoms with E-state index in [2.05, 4.69) is 0 Å². The maximum atomic E-state index is 13.1. The van der Waals surface area contributed by atoms with Gasteiger partial charge in [0, 0.05) is 12.3 Å². The highest BCUT2D eigenvalue weighted by Gasteiger charge is 2.15. The predicted octanol–water partition coefficient (Wildman–Crippen LogP) is 2.38. The molecular formula is C10H8ClF3N2O2. The Morgan fingerprint density at radius 1 is 1.17 bits per heavy atom. The summed E-state index contributed by atoms with van der Waals surface area (Å²) >= 11 is 5.26. The number of carbonyl (C=O) groups is 2. The lowest BCUT2D eigenvalue weighted by atomic mass is 10.3. The number of nitrogens with one attached hydrogen (secondary N) is 2. The minimum absolute atomic E-state index is 0.0126. The van der Waals surface area contributed by atoms with Gasteiger partial charge in [-0.25, -0.2) is 18.0 Å². The Kier molecular flexibility index (Phi) is 4.96. The first kappa shape index (κ1) is 14.3. The normalized spacial score (nSPS) is 10.0. The average molecular weight is 281 g/mol. The van der Waals surface area contributed by atoms with E-state index in [1.54, 1.807) is 0 Å². The van der Waals surface area contributed by atoms with E-state index < -0.39 is 35.1 Å². The number of hydrogen-bond acceptors (Lipinski definition) is 2. The first-order valence-electron chi connectivity index (χ1n) is 4.76. The van der Waals surface area contributed by atoms with E-state index in [4.69, 9.17) is 11.6 Å². The number of anilines is 1. The van der Waals surface area contributed by atoms with E-state index >= 15 is 0 Å².